The Kier molecular flexibility index (Phi) is 3.08. The van der Waals surface area contributed by atoms with Gasteiger partial charge in [-0.15, -0.1) is 11.3 Å². The number of anilines is 1. The molecule has 0 amide bonds. The van der Waals surface area contributed by atoms with Gasteiger partial charge >= 0.3 is 5.97 Å². The third-order valence-electron chi connectivity index (χ3n) is 2.03. The number of carbonyl (C=O) groups excluding carboxylic acids is 1. The van der Waals surface area contributed by atoms with Crippen LogP contribution in [0.15, 0.2) is 17.8 Å². The maximum absolute atomic E-state index is 11.9. The summed E-state index contributed by atoms with van der Waals surface area (Å²) < 4.78 is 6.67. The number of rotatable bonds is 2. The van der Waals surface area contributed by atoms with Gasteiger partial charge in [0.1, 0.15) is 17.0 Å². The van der Waals surface area contributed by atoms with Crippen LogP contribution in [0.3, 0.4) is 0 Å². The fourth-order valence-corrected chi connectivity index (χ4v) is 1.93. The van der Waals surface area contributed by atoms with Gasteiger partial charge in [-0.25, -0.2) is 9.78 Å². The highest BCUT2D eigenvalue weighted by molar-refractivity contribution is 7.12. The second kappa shape index (κ2) is 4.41. The van der Waals surface area contributed by atoms with Crippen LogP contribution in [0.1, 0.15) is 31.1 Å². The minimum absolute atomic E-state index is 0.235. The zero-order valence-electron chi connectivity index (χ0n) is 10.4. The monoisotopic (exact) mass is 266 g/mol. The Bertz CT molecular complexity index is 554. The van der Waals surface area contributed by atoms with Gasteiger partial charge < -0.3 is 10.5 Å². The predicted octanol–water partition coefficient (Wildman–Crippen LogP) is 1.87. The molecule has 0 spiro atoms. The molecule has 0 saturated carbocycles. The molecule has 0 radical (unpaired) electrons. The molecule has 96 valence electrons. The fourth-order valence-electron chi connectivity index (χ4n) is 1.32. The molecule has 0 aromatic carbocycles. The van der Waals surface area contributed by atoms with Crippen LogP contribution in [0.2, 0.25) is 0 Å². The van der Waals surface area contributed by atoms with E-state index in [1.54, 1.807) is 27.0 Å². The topological polar surface area (TPSA) is 83.0 Å². The zero-order valence-corrected chi connectivity index (χ0v) is 11.2. The van der Waals surface area contributed by atoms with Crippen LogP contribution >= 0.6 is 11.3 Å². The quantitative estimate of drug-likeness (QED) is 0.839. The lowest BCUT2D eigenvalue weighted by atomic mass is 10.2. The Balaban J connectivity index is 2.29. The molecule has 2 aromatic rings. The first-order valence-electron chi connectivity index (χ1n) is 5.35. The van der Waals surface area contributed by atoms with Gasteiger partial charge in [-0.05, 0) is 20.8 Å². The van der Waals surface area contributed by atoms with E-state index in [0.29, 0.717) is 5.13 Å². The third kappa shape index (κ3) is 2.51. The van der Waals surface area contributed by atoms with E-state index in [1.165, 1.54) is 22.2 Å². The molecule has 0 saturated heterocycles. The average Bonchev–Trinajstić information content (AvgIpc) is 2.82. The molecule has 0 aliphatic carbocycles. The number of hydrogen-bond acceptors (Lipinski definition) is 6. The number of nitrogens with zero attached hydrogens (tertiary/aromatic N) is 3. The number of ether oxygens (including phenoxy) is 1. The lowest BCUT2D eigenvalue weighted by Crippen LogP contribution is -2.24. The molecular formula is C11H14N4O2S. The van der Waals surface area contributed by atoms with Gasteiger partial charge in [0.05, 0.1) is 6.20 Å². The van der Waals surface area contributed by atoms with Gasteiger partial charge in [-0.3, -0.25) is 0 Å². The molecule has 0 aliphatic rings. The number of nitrogens with two attached hydrogens (primary N) is 1. The van der Waals surface area contributed by atoms with E-state index in [0.717, 1.165) is 0 Å². The molecule has 2 N–H and O–H groups in total. The summed E-state index contributed by atoms with van der Waals surface area (Å²) in [4.78, 5) is 16.0. The molecule has 2 aromatic heterocycles. The first-order chi connectivity index (χ1) is 8.38. The SMILES string of the molecule is CC(C)(C)OC(=O)c1cnn(-c2nccs2)c1N. The van der Waals surface area contributed by atoms with Gasteiger partial charge in [0.25, 0.3) is 0 Å². The van der Waals surface area contributed by atoms with Crippen molar-refractivity contribution in [3.63, 3.8) is 0 Å². The Hall–Kier alpha value is -1.89. The van der Waals surface area contributed by atoms with Crippen molar-refractivity contribution in [1.82, 2.24) is 14.8 Å². The summed E-state index contributed by atoms with van der Waals surface area (Å²) in [7, 11) is 0. The molecule has 0 unspecified atom stereocenters. The molecule has 0 atom stereocenters. The summed E-state index contributed by atoms with van der Waals surface area (Å²) in [5, 5.41) is 6.47. The number of esters is 1. The highest BCUT2D eigenvalue weighted by atomic mass is 32.1. The number of carbonyl (C=O) groups is 1. The van der Waals surface area contributed by atoms with Crippen LogP contribution < -0.4 is 5.73 Å². The molecule has 0 fully saturated rings. The summed E-state index contributed by atoms with van der Waals surface area (Å²) >= 11 is 1.39. The number of nitrogen functional groups attached to an aromatic ring is 1. The molecule has 6 nitrogen and oxygen atoms in total. The van der Waals surface area contributed by atoms with Gasteiger partial charge in [0.2, 0.25) is 5.13 Å². The Morgan fingerprint density at radius 3 is 2.78 bits per heavy atom. The van der Waals surface area contributed by atoms with E-state index in [9.17, 15) is 4.79 Å². The fraction of sp³-hybridized carbons (Fsp3) is 0.364. The molecule has 2 heterocycles. The van der Waals surface area contributed by atoms with Crippen molar-refractivity contribution in [1.29, 1.82) is 0 Å². The Labute approximate surface area is 108 Å². The van der Waals surface area contributed by atoms with E-state index in [4.69, 9.17) is 10.5 Å². The van der Waals surface area contributed by atoms with Crippen LogP contribution in [0.5, 0.6) is 0 Å². The van der Waals surface area contributed by atoms with E-state index in [-0.39, 0.29) is 11.4 Å². The molecule has 0 bridgehead atoms. The van der Waals surface area contributed by atoms with E-state index in [2.05, 4.69) is 10.1 Å². The summed E-state index contributed by atoms with van der Waals surface area (Å²) in [5.74, 6) is -0.248. The number of aromatic nitrogens is 3. The van der Waals surface area contributed by atoms with Crippen molar-refractivity contribution >= 4 is 23.1 Å². The van der Waals surface area contributed by atoms with Gasteiger partial charge in [0.15, 0.2) is 0 Å². The van der Waals surface area contributed by atoms with Crippen molar-refractivity contribution in [2.75, 3.05) is 5.73 Å². The summed E-state index contributed by atoms with van der Waals surface area (Å²) in [6.45, 7) is 5.39. The number of thiazole rings is 1. The lowest BCUT2D eigenvalue weighted by Gasteiger charge is -2.19. The summed E-state index contributed by atoms with van der Waals surface area (Å²) in [6, 6.07) is 0. The van der Waals surface area contributed by atoms with Crippen LogP contribution in [-0.2, 0) is 4.74 Å². The van der Waals surface area contributed by atoms with E-state index < -0.39 is 11.6 Å². The molecular weight excluding hydrogens is 252 g/mol. The summed E-state index contributed by atoms with van der Waals surface area (Å²) in [6.07, 6.45) is 3.04. The van der Waals surface area contributed by atoms with Crippen LogP contribution in [0.4, 0.5) is 5.82 Å². The Morgan fingerprint density at radius 1 is 1.50 bits per heavy atom. The highest BCUT2D eigenvalue weighted by Gasteiger charge is 2.23. The van der Waals surface area contributed by atoms with E-state index >= 15 is 0 Å². The Morgan fingerprint density at radius 2 is 2.22 bits per heavy atom. The summed E-state index contributed by atoms with van der Waals surface area (Å²) in [5.41, 5.74) is 5.57. The molecule has 2 rings (SSSR count). The van der Waals surface area contributed by atoms with Crippen LogP contribution in [-0.4, -0.2) is 26.3 Å². The molecule has 7 heteroatoms. The predicted molar refractivity (Wildman–Crippen MR) is 68.8 cm³/mol. The lowest BCUT2D eigenvalue weighted by molar-refractivity contribution is 0.00708. The minimum Gasteiger partial charge on any atom is -0.456 e. The molecule has 0 aliphatic heterocycles. The van der Waals surface area contributed by atoms with Crippen molar-refractivity contribution < 1.29 is 9.53 Å². The van der Waals surface area contributed by atoms with Gasteiger partial charge in [-0.2, -0.15) is 9.78 Å². The van der Waals surface area contributed by atoms with Crippen molar-refractivity contribution in [2.45, 2.75) is 26.4 Å². The van der Waals surface area contributed by atoms with Gasteiger partial charge in [0, 0.05) is 11.6 Å². The highest BCUT2D eigenvalue weighted by Crippen LogP contribution is 2.21. The van der Waals surface area contributed by atoms with Gasteiger partial charge in [-0.1, -0.05) is 0 Å². The maximum Gasteiger partial charge on any atom is 0.344 e. The van der Waals surface area contributed by atoms with Crippen LogP contribution in [0.25, 0.3) is 5.13 Å². The van der Waals surface area contributed by atoms with E-state index in [1.807, 2.05) is 5.38 Å². The van der Waals surface area contributed by atoms with Crippen molar-refractivity contribution in [3.05, 3.63) is 23.3 Å². The number of hydrogen-bond donors (Lipinski definition) is 1. The normalized spacial score (nSPS) is 11.5. The maximum atomic E-state index is 11.9. The standard InChI is InChI=1S/C11H14N4O2S/c1-11(2,3)17-9(16)7-6-14-15(8(7)12)10-13-4-5-18-10/h4-6H,12H2,1-3H3. The first kappa shape index (κ1) is 12.6. The average molecular weight is 266 g/mol. The second-order valence-electron chi connectivity index (χ2n) is 4.67. The largest absolute Gasteiger partial charge is 0.456 e. The minimum atomic E-state index is -0.563. The third-order valence-corrected chi connectivity index (χ3v) is 2.77. The van der Waals surface area contributed by atoms with Crippen LogP contribution in [0, 0.1) is 0 Å². The first-order valence-corrected chi connectivity index (χ1v) is 6.23. The van der Waals surface area contributed by atoms with Crippen molar-refractivity contribution in [2.24, 2.45) is 0 Å². The molecule has 18 heavy (non-hydrogen) atoms. The second-order valence-corrected chi connectivity index (χ2v) is 5.54. The van der Waals surface area contributed by atoms with Crippen molar-refractivity contribution in [3.8, 4) is 5.13 Å². The zero-order chi connectivity index (χ0) is 13.3. The smallest absolute Gasteiger partial charge is 0.344 e.